The van der Waals surface area contributed by atoms with E-state index in [0.717, 1.165) is 11.4 Å². The summed E-state index contributed by atoms with van der Waals surface area (Å²) in [5.74, 6) is 0.595. The molecule has 0 saturated carbocycles. The van der Waals surface area contributed by atoms with Gasteiger partial charge in [0.25, 0.3) is 0 Å². The first-order valence-electron chi connectivity index (χ1n) is 7.51. The first-order valence-corrected chi connectivity index (χ1v) is 7.51. The Kier molecular flexibility index (Phi) is 4.28. The number of benzene rings is 2. The van der Waals surface area contributed by atoms with Gasteiger partial charge in [-0.25, -0.2) is 0 Å². The number of hydrogen-bond acceptors (Lipinski definition) is 4. The predicted molar refractivity (Wildman–Crippen MR) is 89.2 cm³/mol. The van der Waals surface area contributed by atoms with Crippen LogP contribution in [0.25, 0.3) is 0 Å². The molecule has 0 atom stereocenters. The summed E-state index contributed by atoms with van der Waals surface area (Å²) in [5, 5.41) is 2.87. The predicted octanol–water partition coefficient (Wildman–Crippen LogP) is 2.73. The van der Waals surface area contributed by atoms with Crippen LogP contribution in [0.2, 0.25) is 0 Å². The fraction of sp³-hybridized carbons (Fsp3) is 0.222. The third-order valence-corrected chi connectivity index (χ3v) is 3.72. The molecule has 5 heteroatoms. The quantitative estimate of drug-likeness (QED) is 0.882. The third-order valence-electron chi connectivity index (χ3n) is 3.72. The van der Waals surface area contributed by atoms with Crippen molar-refractivity contribution >= 4 is 23.1 Å². The zero-order valence-corrected chi connectivity index (χ0v) is 12.9. The number of nitrogens with zero attached hydrogens (tertiary/aromatic N) is 1. The van der Waals surface area contributed by atoms with Crippen molar-refractivity contribution in [1.29, 1.82) is 0 Å². The van der Waals surface area contributed by atoms with E-state index >= 15 is 0 Å². The van der Waals surface area contributed by atoms with Crippen molar-refractivity contribution in [1.82, 2.24) is 0 Å². The molecular formula is C18H18N2O3. The highest BCUT2D eigenvalue weighted by atomic mass is 16.5. The molecule has 118 valence electrons. The van der Waals surface area contributed by atoms with Gasteiger partial charge < -0.3 is 15.0 Å². The number of Topliss-reactive ketones (excluding diaryl/α,β-unsaturated/α-hetero) is 1. The van der Waals surface area contributed by atoms with E-state index in [1.54, 1.807) is 18.2 Å². The second-order valence-corrected chi connectivity index (χ2v) is 5.42. The molecule has 3 rings (SSSR count). The molecule has 0 spiro atoms. The van der Waals surface area contributed by atoms with Gasteiger partial charge >= 0.3 is 0 Å². The fourth-order valence-electron chi connectivity index (χ4n) is 2.55. The number of amides is 1. The van der Waals surface area contributed by atoms with Gasteiger partial charge in [0, 0.05) is 11.3 Å². The van der Waals surface area contributed by atoms with E-state index in [1.165, 1.54) is 6.92 Å². The summed E-state index contributed by atoms with van der Waals surface area (Å²) in [7, 11) is 0. The number of ketones is 1. The molecule has 0 aromatic heterocycles. The molecule has 0 saturated heterocycles. The van der Waals surface area contributed by atoms with Crippen molar-refractivity contribution in [3.05, 3.63) is 54.1 Å². The minimum absolute atomic E-state index is 0.00735. The number of hydrogen-bond donors (Lipinski definition) is 1. The zero-order chi connectivity index (χ0) is 16.2. The molecule has 5 nitrogen and oxygen atoms in total. The molecular weight excluding hydrogens is 292 g/mol. The maximum atomic E-state index is 12.2. The van der Waals surface area contributed by atoms with Gasteiger partial charge in [0.1, 0.15) is 12.4 Å². The number of carbonyl (C=O) groups is 2. The summed E-state index contributed by atoms with van der Waals surface area (Å²) in [6, 6.07) is 14.7. The summed E-state index contributed by atoms with van der Waals surface area (Å²) in [4.78, 5) is 25.7. The van der Waals surface area contributed by atoms with E-state index < -0.39 is 0 Å². The number of anilines is 2. The standard InChI is InChI=1S/C18H18N2O3/c1-13(21)14-7-8-17-16(11-14)20(9-10-23-17)12-18(22)19-15-5-3-2-4-6-15/h2-8,11H,9-10,12H2,1H3,(H,19,22). The molecule has 0 unspecified atom stereocenters. The van der Waals surface area contributed by atoms with Crippen LogP contribution in [0.15, 0.2) is 48.5 Å². The number of ether oxygens (including phenoxy) is 1. The number of para-hydroxylation sites is 1. The average molecular weight is 310 g/mol. The maximum absolute atomic E-state index is 12.2. The normalized spacial score (nSPS) is 13.0. The van der Waals surface area contributed by atoms with E-state index in [9.17, 15) is 9.59 Å². The Balaban J connectivity index is 1.76. The van der Waals surface area contributed by atoms with Gasteiger partial charge in [-0.2, -0.15) is 0 Å². The van der Waals surface area contributed by atoms with Gasteiger partial charge in [-0.15, -0.1) is 0 Å². The molecule has 0 fully saturated rings. The fourth-order valence-corrected chi connectivity index (χ4v) is 2.55. The Morgan fingerprint density at radius 3 is 2.70 bits per heavy atom. The minimum Gasteiger partial charge on any atom is -0.490 e. The maximum Gasteiger partial charge on any atom is 0.243 e. The monoisotopic (exact) mass is 310 g/mol. The van der Waals surface area contributed by atoms with E-state index in [1.807, 2.05) is 35.2 Å². The number of nitrogens with one attached hydrogen (secondary N) is 1. The van der Waals surface area contributed by atoms with Crippen LogP contribution >= 0.6 is 0 Å². The number of fused-ring (bicyclic) bond motifs is 1. The van der Waals surface area contributed by atoms with E-state index in [0.29, 0.717) is 24.5 Å². The Morgan fingerprint density at radius 1 is 1.17 bits per heavy atom. The highest BCUT2D eigenvalue weighted by molar-refractivity contribution is 5.97. The lowest BCUT2D eigenvalue weighted by Gasteiger charge is -2.31. The van der Waals surface area contributed by atoms with Gasteiger partial charge in [-0.1, -0.05) is 18.2 Å². The Labute approximate surface area is 134 Å². The zero-order valence-electron chi connectivity index (χ0n) is 12.9. The smallest absolute Gasteiger partial charge is 0.243 e. The van der Waals surface area contributed by atoms with Crippen LogP contribution in [-0.2, 0) is 4.79 Å². The molecule has 2 aromatic carbocycles. The van der Waals surface area contributed by atoms with E-state index in [2.05, 4.69) is 5.32 Å². The van der Waals surface area contributed by atoms with E-state index in [-0.39, 0.29) is 18.2 Å². The Hall–Kier alpha value is -2.82. The van der Waals surface area contributed by atoms with E-state index in [4.69, 9.17) is 4.74 Å². The first-order chi connectivity index (χ1) is 11.1. The van der Waals surface area contributed by atoms with Crippen LogP contribution in [0.4, 0.5) is 11.4 Å². The summed E-state index contributed by atoms with van der Waals surface area (Å²) < 4.78 is 5.60. The first kappa shape index (κ1) is 15.1. The lowest BCUT2D eigenvalue weighted by molar-refractivity contribution is -0.115. The summed E-state index contributed by atoms with van der Waals surface area (Å²) >= 11 is 0. The van der Waals surface area contributed by atoms with Gasteiger partial charge in [0.05, 0.1) is 18.8 Å². The van der Waals surface area contributed by atoms with Crippen molar-refractivity contribution < 1.29 is 14.3 Å². The highest BCUT2D eigenvalue weighted by Crippen LogP contribution is 2.32. The minimum atomic E-state index is -0.0997. The summed E-state index contributed by atoms with van der Waals surface area (Å²) in [6.45, 7) is 2.87. The Morgan fingerprint density at radius 2 is 1.96 bits per heavy atom. The summed E-state index contributed by atoms with van der Waals surface area (Å²) in [6.07, 6.45) is 0. The van der Waals surface area contributed by atoms with Gasteiger partial charge in [-0.3, -0.25) is 9.59 Å². The summed E-state index contributed by atoms with van der Waals surface area (Å²) in [5.41, 5.74) is 2.17. The molecule has 0 bridgehead atoms. The number of rotatable bonds is 4. The van der Waals surface area contributed by atoms with Gasteiger partial charge in [0.2, 0.25) is 5.91 Å². The van der Waals surface area contributed by atoms with Crippen molar-refractivity contribution in [2.45, 2.75) is 6.92 Å². The molecule has 1 amide bonds. The van der Waals surface area contributed by atoms with Crippen LogP contribution in [0.3, 0.4) is 0 Å². The van der Waals surface area contributed by atoms with Crippen molar-refractivity contribution in [2.24, 2.45) is 0 Å². The highest BCUT2D eigenvalue weighted by Gasteiger charge is 2.21. The SMILES string of the molecule is CC(=O)c1ccc2c(c1)N(CC(=O)Nc1ccccc1)CCO2. The van der Waals surface area contributed by atoms with Crippen molar-refractivity contribution in [3.8, 4) is 5.75 Å². The second kappa shape index (κ2) is 6.52. The molecule has 0 radical (unpaired) electrons. The average Bonchev–Trinajstić information content (AvgIpc) is 2.55. The van der Waals surface area contributed by atoms with Gasteiger partial charge in [0.15, 0.2) is 5.78 Å². The second-order valence-electron chi connectivity index (χ2n) is 5.42. The topological polar surface area (TPSA) is 58.6 Å². The number of carbonyl (C=O) groups excluding carboxylic acids is 2. The van der Waals surface area contributed by atoms with Crippen molar-refractivity contribution in [2.75, 3.05) is 29.9 Å². The lowest BCUT2D eigenvalue weighted by atomic mass is 10.1. The molecule has 1 heterocycles. The van der Waals surface area contributed by atoms with Crippen LogP contribution < -0.4 is 15.0 Å². The Bertz CT molecular complexity index is 728. The molecule has 0 aliphatic carbocycles. The van der Waals surface area contributed by atoms with Crippen molar-refractivity contribution in [3.63, 3.8) is 0 Å². The lowest BCUT2D eigenvalue weighted by Crippen LogP contribution is -2.38. The van der Waals surface area contributed by atoms with Crippen LogP contribution in [0, 0.1) is 0 Å². The van der Waals surface area contributed by atoms with Crippen LogP contribution in [0.5, 0.6) is 5.75 Å². The molecule has 23 heavy (non-hydrogen) atoms. The molecule has 2 aromatic rings. The third kappa shape index (κ3) is 3.51. The largest absolute Gasteiger partial charge is 0.490 e. The molecule has 1 aliphatic heterocycles. The molecule has 1 aliphatic rings. The van der Waals surface area contributed by atoms with Gasteiger partial charge in [-0.05, 0) is 37.3 Å². The van der Waals surface area contributed by atoms with Crippen LogP contribution in [0.1, 0.15) is 17.3 Å². The molecule has 1 N–H and O–H groups in total. The van der Waals surface area contributed by atoms with Crippen LogP contribution in [-0.4, -0.2) is 31.4 Å².